The molecule has 43 heavy (non-hydrogen) atoms. The van der Waals surface area contributed by atoms with Crippen LogP contribution in [0.5, 0.6) is 5.75 Å². The highest BCUT2D eigenvalue weighted by molar-refractivity contribution is 9.10. The van der Waals surface area contributed by atoms with Crippen molar-refractivity contribution in [1.29, 1.82) is 0 Å². The predicted molar refractivity (Wildman–Crippen MR) is 173 cm³/mol. The van der Waals surface area contributed by atoms with Gasteiger partial charge in [0.05, 0.1) is 18.6 Å². The van der Waals surface area contributed by atoms with Crippen molar-refractivity contribution in [1.82, 2.24) is 10.2 Å². The quantitative estimate of drug-likeness (QED) is 0.252. The van der Waals surface area contributed by atoms with Gasteiger partial charge in [-0.15, -0.1) is 0 Å². The van der Waals surface area contributed by atoms with E-state index in [1.807, 2.05) is 61.5 Å². The summed E-state index contributed by atoms with van der Waals surface area (Å²) in [5.41, 5.74) is 1.99. The minimum absolute atomic E-state index is 0.0490. The highest BCUT2D eigenvalue weighted by atomic mass is 79.9. The number of halogens is 1. The maximum Gasteiger partial charge on any atom is 0.244 e. The Morgan fingerprint density at radius 3 is 2.30 bits per heavy atom. The van der Waals surface area contributed by atoms with E-state index in [2.05, 4.69) is 21.2 Å². The molecule has 0 spiro atoms. The van der Waals surface area contributed by atoms with Gasteiger partial charge >= 0.3 is 0 Å². The van der Waals surface area contributed by atoms with Gasteiger partial charge in [0, 0.05) is 23.5 Å². The summed E-state index contributed by atoms with van der Waals surface area (Å²) < 4.78 is 33.9. The normalized spacial score (nSPS) is 14.5. The Morgan fingerprint density at radius 2 is 1.63 bits per heavy atom. The first-order valence-corrected chi connectivity index (χ1v) is 17.4. The molecule has 2 amide bonds. The van der Waals surface area contributed by atoms with E-state index < -0.39 is 28.5 Å². The van der Waals surface area contributed by atoms with Gasteiger partial charge in [-0.05, 0) is 55.2 Å². The summed E-state index contributed by atoms with van der Waals surface area (Å²) in [7, 11) is -3.90. The summed E-state index contributed by atoms with van der Waals surface area (Å²) in [5.74, 6) is -0.367. The molecule has 1 aliphatic carbocycles. The summed E-state index contributed by atoms with van der Waals surface area (Å²) >= 11 is 3.51. The molecule has 1 aliphatic rings. The molecule has 10 heteroatoms. The Labute approximate surface area is 263 Å². The van der Waals surface area contributed by atoms with E-state index in [1.54, 1.807) is 24.3 Å². The number of sulfonamides is 1. The molecule has 1 fully saturated rings. The molecule has 1 N–H and O–H groups in total. The number of hydrogen-bond acceptors (Lipinski definition) is 5. The van der Waals surface area contributed by atoms with Crippen LogP contribution >= 0.6 is 15.9 Å². The lowest BCUT2D eigenvalue weighted by Crippen LogP contribution is -2.55. The minimum atomic E-state index is -3.90. The number of carbonyl (C=O) groups is 2. The molecule has 8 nitrogen and oxygen atoms in total. The summed E-state index contributed by atoms with van der Waals surface area (Å²) in [6.07, 6.45) is 6.41. The predicted octanol–water partition coefficient (Wildman–Crippen LogP) is 5.70. The molecule has 0 aromatic heterocycles. The largest absolute Gasteiger partial charge is 0.492 e. The number of para-hydroxylation sites is 2. The maximum atomic E-state index is 14.3. The zero-order valence-electron chi connectivity index (χ0n) is 24.7. The van der Waals surface area contributed by atoms with Gasteiger partial charge in [-0.1, -0.05) is 89.8 Å². The van der Waals surface area contributed by atoms with E-state index in [-0.39, 0.29) is 30.6 Å². The first-order chi connectivity index (χ1) is 20.7. The first kappa shape index (κ1) is 32.5. The van der Waals surface area contributed by atoms with Gasteiger partial charge in [0.1, 0.15) is 18.3 Å². The highest BCUT2D eigenvalue weighted by Crippen LogP contribution is 2.30. The molecule has 0 aliphatic heterocycles. The number of hydrogen-bond donors (Lipinski definition) is 1. The molecule has 230 valence electrons. The average Bonchev–Trinajstić information content (AvgIpc) is 2.98. The van der Waals surface area contributed by atoms with Crippen molar-refractivity contribution in [3.05, 3.63) is 94.5 Å². The molecular formula is C33H40BrN3O5S. The Bertz CT molecular complexity index is 1480. The number of ether oxygens (including phenoxy) is 1. The number of benzene rings is 3. The van der Waals surface area contributed by atoms with Gasteiger partial charge in [-0.2, -0.15) is 0 Å². The SMILES string of the molecule is CCOc1ccccc1N(CC(=O)N(Cc1cccc(Br)c1)C(Cc1ccccc1)C(=O)NC1CCCCC1)S(C)(=O)=O. The van der Waals surface area contributed by atoms with Crippen LogP contribution < -0.4 is 14.4 Å². The lowest BCUT2D eigenvalue weighted by atomic mass is 9.94. The van der Waals surface area contributed by atoms with Gasteiger partial charge in [0.25, 0.3) is 0 Å². The topological polar surface area (TPSA) is 96.0 Å². The summed E-state index contributed by atoms with van der Waals surface area (Å²) in [5, 5.41) is 3.22. The molecule has 4 rings (SSSR count). The average molecular weight is 671 g/mol. The number of nitrogens with one attached hydrogen (secondary N) is 1. The van der Waals surface area contributed by atoms with Crippen LogP contribution in [0.2, 0.25) is 0 Å². The van der Waals surface area contributed by atoms with Crippen molar-refractivity contribution in [3.63, 3.8) is 0 Å². The standard InChI is InChI=1S/C33H40BrN3O5S/c1-3-42-31-20-11-10-19-29(31)37(43(2,40)41)24-32(38)36(23-26-15-12-16-27(34)21-26)30(22-25-13-6-4-7-14-25)33(39)35-28-17-8-5-9-18-28/h4,6-7,10-16,19-21,28,30H,3,5,8-9,17-18,22-24H2,1-2H3,(H,35,39). The third-order valence-electron chi connectivity index (χ3n) is 7.58. The highest BCUT2D eigenvalue weighted by Gasteiger charge is 2.34. The smallest absolute Gasteiger partial charge is 0.244 e. The fourth-order valence-corrected chi connectivity index (χ4v) is 6.77. The van der Waals surface area contributed by atoms with E-state index in [0.717, 1.165) is 58.3 Å². The molecule has 1 saturated carbocycles. The molecule has 1 atom stereocenters. The van der Waals surface area contributed by atoms with E-state index >= 15 is 0 Å². The second-order valence-electron chi connectivity index (χ2n) is 10.9. The van der Waals surface area contributed by atoms with E-state index in [1.165, 1.54) is 4.90 Å². The zero-order chi connectivity index (χ0) is 30.8. The Morgan fingerprint density at radius 1 is 0.953 bits per heavy atom. The lowest BCUT2D eigenvalue weighted by molar-refractivity contribution is -0.140. The molecule has 3 aromatic rings. The van der Waals surface area contributed by atoms with E-state index in [9.17, 15) is 18.0 Å². The minimum Gasteiger partial charge on any atom is -0.492 e. The van der Waals surface area contributed by atoms with Gasteiger partial charge in [0.2, 0.25) is 21.8 Å². The lowest BCUT2D eigenvalue weighted by Gasteiger charge is -2.35. The van der Waals surface area contributed by atoms with Crippen molar-refractivity contribution < 1.29 is 22.7 Å². The van der Waals surface area contributed by atoms with Gasteiger partial charge in [-0.25, -0.2) is 8.42 Å². The summed E-state index contributed by atoms with van der Waals surface area (Å²) in [4.78, 5) is 29.9. The van der Waals surface area contributed by atoms with Crippen LogP contribution in [0.25, 0.3) is 0 Å². The van der Waals surface area contributed by atoms with Crippen molar-refractivity contribution in [2.75, 3.05) is 23.7 Å². The van der Waals surface area contributed by atoms with Crippen LogP contribution in [0.15, 0.2) is 83.3 Å². The van der Waals surface area contributed by atoms with Crippen LogP contribution in [0.1, 0.15) is 50.2 Å². The number of amides is 2. The van der Waals surface area contributed by atoms with Crippen LogP contribution in [-0.2, 0) is 32.6 Å². The molecule has 0 saturated heterocycles. The Balaban J connectivity index is 1.74. The second kappa shape index (κ2) is 15.4. The molecule has 0 bridgehead atoms. The van der Waals surface area contributed by atoms with Gasteiger partial charge < -0.3 is 15.0 Å². The van der Waals surface area contributed by atoms with Gasteiger partial charge in [0.15, 0.2) is 0 Å². The molecule has 0 heterocycles. The van der Waals surface area contributed by atoms with Crippen LogP contribution in [-0.4, -0.2) is 56.6 Å². The fourth-order valence-electron chi connectivity index (χ4n) is 5.47. The van der Waals surface area contributed by atoms with E-state index in [0.29, 0.717) is 12.4 Å². The monoisotopic (exact) mass is 669 g/mol. The fraction of sp³-hybridized carbons (Fsp3) is 0.394. The summed E-state index contributed by atoms with van der Waals surface area (Å²) in [6.45, 7) is 1.78. The van der Waals surface area contributed by atoms with Gasteiger partial charge in [-0.3, -0.25) is 13.9 Å². The molecular weight excluding hydrogens is 630 g/mol. The van der Waals surface area contributed by atoms with Crippen molar-refractivity contribution in [3.8, 4) is 5.75 Å². The third-order valence-corrected chi connectivity index (χ3v) is 9.20. The van der Waals surface area contributed by atoms with Crippen molar-refractivity contribution >= 4 is 43.5 Å². The molecule has 0 radical (unpaired) electrons. The second-order valence-corrected chi connectivity index (χ2v) is 13.7. The number of nitrogens with zero attached hydrogens (tertiary/aromatic N) is 2. The maximum absolute atomic E-state index is 14.3. The zero-order valence-corrected chi connectivity index (χ0v) is 27.1. The number of anilines is 1. The van der Waals surface area contributed by atoms with Crippen molar-refractivity contribution in [2.24, 2.45) is 0 Å². The third kappa shape index (κ3) is 9.31. The molecule has 3 aromatic carbocycles. The molecule has 1 unspecified atom stereocenters. The Hall–Kier alpha value is -3.37. The first-order valence-electron chi connectivity index (χ1n) is 14.7. The number of carbonyl (C=O) groups excluding carboxylic acids is 2. The van der Waals surface area contributed by atoms with Crippen molar-refractivity contribution in [2.45, 2.75) is 64.1 Å². The van der Waals surface area contributed by atoms with Crippen LogP contribution in [0, 0.1) is 0 Å². The van der Waals surface area contributed by atoms with Crippen LogP contribution in [0.4, 0.5) is 5.69 Å². The van der Waals surface area contributed by atoms with Crippen LogP contribution in [0.3, 0.4) is 0 Å². The van der Waals surface area contributed by atoms with E-state index in [4.69, 9.17) is 4.74 Å². The Kier molecular flexibility index (Phi) is 11.6. The number of rotatable bonds is 13. The summed E-state index contributed by atoms with van der Waals surface area (Å²) in [6, 6.07) is 23.1.